The quantitative estimate of drug-likeness (QED) is 0.176. The highest BCUT2D eigenvalue weighted by molar-refractivity contribution is 7.25. The van der Waals surface area contributed by atoms with Crippen molar-refractivity contribution >= 4 is 70.5 Å². The summed E-state index contributed by atoms with van der Waals surface area (Å²) in [5.74, 6) is 0. The van der Waals surface area contributed by atoms with Gasteiger partial charge < -0.3 is 9.32 Å². The Morgan fingerprint density at radius 3 is 1.70 bits per heavy atom. The average molecular weight is 872 g/mol. The van der Waals surface area contributed by atoms with Gasteiger partial charge in [-0.15, -0.1) is 11.3 Å². The molecule has 2 aromatic heterocycles. The number of furan rings is 1. The summed E-state index contributed by atoms with van der Waals surface area (Å²) in [5, 5.41) is 4.85. The zero-order valence-electron chi connectivity index (χ0n) is 37.0. The number of para-hydroxylation sites is 2. The minimum atomic E-state index is -0.612. The average Bonchev–Trinajstić information content (AvgIpc) is 4.07. The van der Waals surface area contributed by atoms with Crippen molar-refractivity contribution in [1.29, 1.82) is 0 Å². The van der Waals surface area contributed by atoms with Crippen LogP contribution in [0.2, 0.25) is 0 Å². The number of hydrogen-bond donors (Lipinski definition) is 0. The highest BCUT2D eigenvalue weighted by Crippen LogP contribution is 2.63. The first-order valence-corrected chi connectivity index (χ1v) is 24.1. The van der Waals surface area contributed by atoms with Gasteiger partial charge in [0.05, 0.1) is 11.1 Å². The molecular formula is C64H41NOS. The van der Waals surface area contributed by atoms with Gasteiger partial charge in [-0.05, 0) is 132 Å². The van der Waals surface area contributed by atoms with Crippen molar-refractivity contribution in [2.45, 2.75) is 24.7 Å². The van der Waals surface area contributed by atoms with E-state index >= 15 is 0 Å². The Balaban J connectivity index is 1.05. The fourth-order valence-electron chi connectivity index (χ4n) is 12.6. The van der Waals surface area contributed by atoms with Crippen molar-refractivity contribution in [2.75, 3.05) is 4.90 Å². The number of rotatable bonds is 3. The number of fused-ring (bicyclic) bond motifs is 21. The minimum Gasteiger partial charge on any atom is -0.454 e. The SMILES string of the molecule is CC1(C)c2ccccc2-c2ccc(N(c3ccc4c(c3)-c3ccccc3-c3ccccc3C43c4ccccc4-c4cc5sc6ccccc6c5cc43)c3cccc4c3oc3ccccc34)cc21. The maximum Gasteiger partial charge on any atom is 0.159 e. The third kappa shape index (κ3) is 4.84. The molecule has 314 valence electrons. The molecule has 0 fully saturated rings. The first kappa shape index (κ1) is 37.3. The van der Waals surface area contributed by atoms with Crippen LogP contribution < -0.4 is 4.90 Å². The fraction of sp³-hybridized carbons (Fsp3) is 0.0625. The van der Waals surface area contributed by atoms with E-state index in [1.165, 1.54) is 98.1 Å². The third-order valence-corrected chi connectivity index (χ3v) is 16.6. The van der Waals surface area contributed by atoms with Crippen molar-refractivity contribution in [1.82, 2.24) is 0 Å². The van der Waals surface area contributed by atoms with Gasteiger partial charge in [0.2, 0.25) is 0 Å². The zero-order chi connectivity index (χ0) is 44.2. The summed E-state index contributed by atoms with van der Waals surface area (Å²) in [6, 6.07) is 79.8. The van der Waals surface area contributed by atoms with E-state index in [2.05, 4.69) is 231 Å². The van der Waals surface area contributed by atoms with Gasteiger partial charge >= 0.3 is 0 Å². The number of anilines is 3. The molecule has 0 saturated heterocycles. The Hall–Kier alpha value is -7.98. The van der Waals surface area contributed by atoms with Crippen LogP contribution in [0.1, 0.15) is 47.2 Å². The van der Waals surface area contributed by atoms with E-state index in [0.717, 1.165) is 39.0 Å². The molecule has 1 spiro atoms. The van der Waals surface area contributed by atoms with Gasteiger partial charge in [-0.2, -0.15) is 0 Å². The Labute approximate surface area is 392 Å². The van der Waals surface area contributed by atoms with Gasteiger partial charge in [-0.25, -0.2) is 0 Å². The first-order chi connectivity index (χ1) is 33.0. The van der Waals surface area contributed by atoms with Gasteiger partial charge in [0, 0.05) is 47.7 Å². The van der Waals surface area contributed by atoms with E-state index in [1.54, 1.807) is 0 Å². The van der Waals surface area contributed by atoms with Crippen molar-refractivity contribution in [3.8, 4) is 44.5 Å². The Kier molecular flexibility index (Phi) is 7.41. The summed E-state index contributed by atoms with van der Waals surface area (Å²) < 4.78 is 9.54. The molecule has 1 atom stereocenters. The lowest BCUT2D eigenvalue weighted by atomic mass is 9.65. The molecule has 12 aromatic rings. The molecule has 3 aliphatic rings. The normalized spacial score (nSPS) is 15.8. The van der Waals surface area contributed by atoms with E-state index in [1.807, 2.05) is 11.3 Å². The molecule has 15 rings (SSSR count). The van der Waals surface area contributed by atoms with Gasteiger partial charge in [-0.1, -0.05) is 172 Å². The molecule has 0 amide bonds. The Bertz CT molecular complexity index is 4110. The fourth-order valence-corrected chi connectivity index (χ4v) is 13.7. The molecule has 0 N–H and O–H groups in total. The Morgan fingerprint density at radius 2 is 0.910 bits per heavy atom. The van der Waals surface area contributed by atoms with Gasteiger partial charge in [-0.3, -0.25) is 0 Å². The molecule has 3 heteroatoms. The molecule has 1 unspecified atom stereocenters. The van der Waals surface area contributed by atoms with Crippen LogP contribution in [0.25, 0.3) is 86.6 Å². The molecule has 67 heavy (non-hydrogen) atoms. The van der Waals surface area contributed by atoms with Crippen LogP contribution in [0.5, 0.6) is 0 Å². The van der Waals surface area contributed by atoms with Crippen molar-refractivity contribution in [3.05, 3.63) is 246 Å². The number of thiophene rings is 1. The third-order valence-electron chi connectivity index (χ3n) is 15.5. The molecule has 0 bridgehead atoms. The smallest absolute Gasteiger partial charge is 0.159 e. The molecular weight excluding hydrogens is 831 g/mol. The van der Waals surface area contributed by atoms with E-state index in [-0.39, 0.29) is 5.41 Å². The topological polar surface area (TPSA) is 16.4 Å². The molecule has 0 aliphatic heterocycles. The molecule has 3 aliphatic carbocycles. The summed E-state index contributed by atoms with van der Waals surface area (Å²) in [7, 11) is 0. The summed E-state index contributed by atoms with van der Waals surface area (Å²) in [6.07, 6.45) is 0. The summed E-state index contributed by atoms with van der Waals surface area (Å²) in [6.45, 7) is 4.73. The second-order valence-corrected chi connectivity index (χ2v) is 20.2. The second kappa shape index (κ2) is 13.3. The van der Waals surface area contributed by atoms with Crippen LogP contribution in [-0.4, -0.2) is 0 Å². The number of hydrogen-bond acceptors (Lipinski definition) is 3. The summed E-state index contributed by atoms with van der Waals surface area (Å²) >= 11 is 1.90. The van der Waals surface area contributed by atoms with Gasteiger partial charge in [0.1, 0.15) is 5.58 Å². The van der Waals surface area contributed by atoms with Crippen LogP contribution >= 0.6 is 11.3 Å². The largest absolute Gasteiger partial charge is 0.454 e. The number of nitrogens with zero attached hydrogens (tertiary/aromatic N) is 1. The first-order valence-electron chi connectivity index (χ1n) is 23.3. The molecule has 10 aromatic carbocycles. The van der Waals surface area contributed by atoms with Crippen molar-refractivity contribution in [2.24, 2.45) is 0 Å². The standard InChI is InChI=1S/C64H41NOS/c1-63(2)52-24-10-5-19-43(52)45-32-30-39(35-56(45)63)65(58-27-15-23-48-46-21-8-13-28-59(46)66-62(48)58)38-31-33-55-49(34-38)41-17-4-3-16-40(41)42-18-6-11-25-53(42)64(55)54-26-12-7-20-44(54)50-37-61-51(36-57(50)64)47-22-9-14-29-60(47)67-61/h3-37H,1-2H3. The van der Waals surface area contributed by atoms with E-state index in [4.69, 9.17) is 4.42 Å². The van der Waals surface area contributed by atoms with Crippen LogP contribution in [-0.2, 0) is 10.8 Å². The lowest BCUT2D eigenvalue weighted by Crippen LogP contribution is -2.29. The van der Waals surface area contributed by atoms with Crippen LogP contribution in [0.15, 0.2) is 217 Å². The van der Waals surface area contributed by atoms with Crippen molar-refractivity contribution in [3.63, 3.8) is 0 Å². The van der Waals surface area contributed by atoms with E-state index in [9.17, 15) is 0 Å². The highest BCUT2D eigenvalue weighted by Gasteiger charge is 2.50. The maximum atomic E-state index is 6.90. The maximum absolute atomic E-state index is 6.90. The predicted octanol–water partition coefficient (Wildman–Crippen LogP) is 17.7. The molecule has 2 heterocycles. The highest BCUT2D eigenvalue weighted by atomic mass is 32.1. The molecule has 0 saturated carbocycles. The lowest BCUT2D eigenvalue weighted by molar-refractivity contribution is 0.660. The minimum absolute atomic E-state index is 0.174. The monoisotopic (exact) mass is 871 g/mol. The van der Waals surface area contributed by atoms with E-state index < -0.39 is 5.41 Å². The van der Waals surface area contributed by atoms with Gasteiger partial charge in [0.25, 0.3) is 0 Å². The van der Waals surface area contributed by atoms with Crippen LogP contribution in [0, 0.1) is 0 Å². The summed E-state index contributed by atoms with van der Waals surface area (Å²) in [4.78, 5) is 2.45. The van der Waals surface area contributed by atoms with E-state index in [0.29, 0.717) is 0 Å². The number of benzene rings is 10. The van der Waals surface area contributed by atoms with Crippen LogP contribution in [0.4, 0.5) is 17.1 Å². The van der Waals surface area contributed by atoms with Gasteiger partial charge in [0.15, 0.2) is 5.58 Å². The lowest BCUT2D eigenvalue weighted by Gasteiger charge is -2.36. The molecule has 2 nitrogen and oxygen atoms in total. The van der Waals surface area contributed by atoms with Crippen LogP contribution in [0.3, 0.4) is 0 Å². The zero-order valence-corrected chi connectivity index (χ0v) is 37.8. The predicted molar refractivity (Wildman–Crippen MR) is 281 cm³/mol. The summed E-state index contributed by atoms with van der Waals surface area (Å²) in [5.41, 5.74) is 22.3. The van der Waals surface area contributed by atoms with Crippen molar-refractivity contribution < 1.29 is 4.42 Å². The second-order valence-electron chi connectivity index (χ2n) is 19.1. The Morgan fingerprint density at radius 1 is 0.358 bits per heavy atom. The molecule has 0 radical (unpaired) electrons.